The van der Waals surface area contributed by atoms with Crippen molar-refractivity contribution < 1.29 is 12.8 Å². The Labute approximate surface area is 105 Å². The molecule has 2 rings (SSSR count). The molecule has 6 heteroatoms. The average Bonchev–Trinajstić information content (AvgIpc) is 2.57. The maximum absolute atomic E-state index is 13.5. The molecule has 1 fully saturated rings. The van der Waals surface area contributed by atoms with E-state index in [4.69, 9.17) is 11.6 Å². The van der Waals surface area contributed by atoms with Gasteiger partial charge < -0.3 is 0 Å². The van der Waals surface area contributed by atoms with Crippen LogP contribution in [0.4, 0.5) is 4.39 Å². The van der Waals surface area contributed by atoms with Crippen molar-refractivity contribution >= 4 is 21.6 Å². The van der Waals surface area contributed by atoms with Gasteiger partial charge in [-0.15, -0.1) is 0 Å². The fourth-order valence-electron chi connectivity index (χ4n) is 1.95. The monoisotopic (exact) mass is 277 g/mol. The summed E-state index contributed by atoms with van der Waals surface area (Å²) < 4.78 is 38.0. The molecule has 1 saturated heterocycles. The Balaban J connectivity index is 2.08. The van der Waals surface area contributed by atoms with Gasteiger partial charge in [-0.2, -0.15) is 0 Å². The van der Waals surface area contributed by atoms with Gasteiger partial charge in [-0.05, 0) is 25.0 Å². The summed E-state index contributed by atoms with van der Waals surface area (Å²) in [6, 6.07) is 4.48. The first-order chi connectivity index (χ1) is 8.00. The first kappa shape index (κ1) is 12.8. The fourth-order valence-corrected chi connectivity index (χ4v) is 3.74. The summed E-state index contributed by atoms with van der Waals surface area (Å²) in [6.45, 7) is 0.817. The van der Waals surface area contributed by atoms with Crippen LogP contribution in [0.25, 0.3) is 0 Å². The Hall–Kier alpha value is -0.650. The molecule has 17 heavy (non-hydrogen) atoms. The molecule has 0 aromatic heterocycles. The second-order valence-electron chi connectivity index (χ2n) is 4.02. The summed E-state index contributed by atoms with van der Waals surface area (Å²) in [5, 5.41) is 0.349. The Morgan fingerprint density at radius 1 is 1.41 bits per heavy atom. The number of hydrogen-bond donors (Lipinski definition) is 0. The molecule has 0 bridgehead atoms. The number of halogens is 2. The van der Waals surface area contributed by atoms with Crippen molar-refractivity contribution in [2.45, 2.75) is 12.8 Å². The van der Waals surface area contributed by atoms with E-state index in [0.717, 1.165) is 0 Å². The highest BCUT2D eigenvalue weighted by Crippen LogP contribution is 2.21. The van der Waals surface area contributed by atoms with Gasteiger partial charge >= 0.3 is 0 Å². The third-order valence-electron chi connectivity index (χ3n) is 2.88. The lowest BCUT2D eigenvalue weighted by Crippen LogP contribution is -2.28. The zero-order valence-corrected chi connectivity index (χ0v) is 10.8. The van der Waals surface area contributed by atoms with Crippen molar-refractivity contribution in [3.8, 4) is 0 Å². The summed E-state index contributed by atoms with van der Waals surface area (Å²) in [7, 11) is -3.12. The van der Waals surface area contributed by atoms with Crippen LogP contribution in [0.3, 0.4) is 0 Å². The quantitative estimate of drug-likeness (QED) is 0.848. The van der Waals surface area contributed by atoms with Gasteiger partial charge in [0.25, 0.3) is 0 Å². The fraction of sp³-hybridized carbons (Fsp3) is 0.455. The molecule has 0 amide bonds. The molecule has 0 radical (unpaired) electrons. The number of rotatable bonds is 3. The van der Waals surface area contributed by atoms with Crippen molar-refractivity contribution in [2.24, 2.45) is 0 Å². The summed E-state index contributed by atoms with van der Waals surface area (Å²) in [5.41, 5.74) is 0.385. The lowest BCUT2D eigenvalue weighted by Gasteiger charge is -2.14. The molecule has 3 nitrogen and oxygen atoms in total. The van der Waals surface area contributed by atoms with E-state index in [9.17, 15) is 12.8 Å². The minimum atomic E-state index is -3.12. The second kappa shape index (κ2) is 4.92. The SMILES string of the molecule is O=S1(=O)CCCN1CCc1c(F)cccc1Cl. The summed E-state index contributed by atoms with van der Waals surface area (Å²) in [5.74, 6) is -0.188. The van der Waals surface area contributed by atoms with Crippen molar-refractivity contribution in [3.05, 3.63) is 34.6 Å². The molecule has 0 aliphatic carbocycles. The normalized spacial score (nSPS) is 19.6. The Morgan fingerprint density at radius 2 is 2.18 bits per heavy atom. The zero-order valence-electron chi connectivity index (χ0n) is 9.20. The number of nitrogens with zero attached hydrogens (tertiary/aromatic N) is 1. The summed E-state index contributed by atoms with van der Waals surface area (Å²) in [4.78, 5) is 0. The van der Waals surface area contributed by atoms with Crippen LogP contribution in [0, 0.1) is 5.82 Å². The topological polar surface area (TPSA) is 37.4 Å². The van der Waals surface area contributed by atoms with Crippen LogP contribution in [0.5, 0.6) is 0 Å². The molecular formula is C11H13ClFNO2S. The van der Waals surface area contributed by atoms with Gasteiger partial charge in [0.2, 0.25) is 10.0 Å². The predicted molar refractivity (Wildman–Crippen MR) is 65.1 cm³/mol. The zero-order chi connectivity index (χ0) is 12.5. The molecule has 0 unspecified atom stereocenters. The smallest absolute Gasteiger partial charge is 0.212 e. The molecule has 0 atom stereocenters. The van der Waals surface area contributed by atoms with Crippen molar-refractivity contribution in [1.82, 2.24) is 4.31 Å². The van der Waals surface area contributed by atoms with Crippen LogP contribution in [0.15, 0.2) is 18.2 Å². The molecule has 1 aromatic rings. The van der Waals surface area contributed by atoms with E-state index in [0.29, 0.717) is 36.5 Å². The van der Waals surface area contributed by atoms with Crippen LogP contribution in [-0.2, 0) is 16.4 Å². The van der Waals surface area contributed by atoms with E-state index < -0.39 is 10.0 Å². The van der Waals surface area contributed by atoms with Crippen LogP contribution < -0.4 is 0 Å². The van der Waals surface area contributed by atoms with E-state index in [1.54, 1.807) is 6.07 Å². The minimum Gasteiger partial charge on any atom is -0.212 e. The lowest BCUT2D eigenvalue weighted by molar-refractivity contribution is 0.443. The Bertz CT molecular complexity index is 498. The molecule has 1 heterocycles. The second-order valence-corrected chi connectivity index (χ2v) is 6.51. The highest BCUT2D eigenvalue weighted by atomic mass is 35.5. The molecule has 1 aliphatic heterocycles. The molecule has 0 spiro atoms. The first-order valence-corrected chi connectivity index (χ1v) is 7.40. The van der Waals surface area contributed by atoms with E-state index in [-0.39, 0.29) is 11.6 Å². The average molecular weight is 278 g/mol. The largest absolute Gasteiger partial charge is 0.214 e. The third-order valence-corrected chi connectivity index (χ3v) is 5.19. The maximum Gasteiger partial charge on any atom is 0.214 e. The van der Waals surface area contributed by atoms with Gasteiger partial charge in [-0.3, -0.25) is 0 Å². The molecule has 94 valence electrons. The molecular weight excluding hydrogens is 265 g/mol. The minimum absolute atomic E-state index is 0.192. The number of sulfonamides is 1. The van der Waals surface area contributed by atoms with E-state index >= 15 is 0 Å². The maximum atomic E-state index is 13.5. The van der Waals surface area contributed by atoms with Crippen molar-refractivity contribution in [1.29, 1.82) is 0 Å². The molecule has 0 saturated carbocycles. The van der Waals surface area contributed by atoms with Crippen molar-refractivity contribution in [2.75, 3.05) is 18.8 Å². The predicted octanol–water partition coefficient (Wildman–Crippen LogP) is 2.06. The van der Waals surface area contributed by atoms with Crippen LogP contribution >= 0.6 is 11.6 Å². The van der Waals surface area contributed by atoms with Crippen LogP contribution in [0.2, 0.25) is 5.02 Å². The highest BCUT2D eigenvalue weighted by molar-refractivity contribution is 7.89. The van der Waals surface area contributed by atoms with Gasteiger partial charge in [0, 0.05) is 23.7 Å². The standard InChI is InChI=1S/C11H13ClFNO2S/c12-10-3-1-4-11(13)9(10)5-7-14-6-2-8-17(14,15)16/h1,3-4H,2,5-8H2. The van der Waals surface area contributed by atoms with Gasteiger partial charge in [0.05, 0.1) is 5.75 Å². The van der Waals surface area contributed by atoms with E-state index in [1.807, 2.05) is 0 Å². The van der Waals surface area contributed by atoms with Crippen LogP contribution in [0.1, 0.15) is 12.0 Å². The van der Waals surface area contributed by atoms with Crippen LogP contribution in [-0.4, -0.2) is 31.6 Å². The van der Waals surface area contributed by atoms with Gasteiger partial charge in [0.1, 0.15) is 5.82 Å². The first-order valence-electron chi connectivity index (χ1n) is 5.41. The molecule has 0 N–H and O–H groups in total. The summed E-state index contributed by atoms with van der Waals surface area (Å²) >= 11 is 5.88. The number of benzene rings is 1. The van der Waals surface area contributed by atoms with Gasteiger partial charge in [-0.25, -0.2) is 17.1 Å². The molecule has 1 aliphatic rings. The Morgan fingerprint density at radius 3 is 2.76 bits per heavy atom. The highest BCUT2D eigenvalue weighted by Gasteiger charge is 2.27. The van der Waals surface area contributed by atoms with E-state index in [2.05, 4.69) is 0 Å². The third kappa shape index (κ3) is 2.78. The van der Waals surface area contributed by atoms with Gasteiger partial charge in [-0.1, -0.05) is 17.7 Å². The number of hydrogen-bond acceptors (Lipinski definition) is 2. The van der Waals surface area contributed by atoms with Gasteiger partial charge in [0.15, 0.2) is 0 Å². The van der Waals surface area contributed by atoms with E-state index in [1.165, 1.54) is 16.4 Å². The Kier molecular flexibility index (Phi) is 3.70. The van der Waals surface area contributed by atoms with Crippen molar-refractivity contribution in [3.63, 3.8) is 0 Å². The summed E-state index contributed by atoms with van der Waals surface area (Å²) in [6.07, 6.45) is 0.956. The lowest BCUT2D eigenvalue weighted by atomic mass is 10.1. The molecule has 1 aromatic carbocycles.